The number of hydrogen-bond donors (Lipinski definition) is 2. The molecule has 1 amide bonds. The number of sulfonamides is 1. The summed E-state index contributed by atoms with van der Waals surface area (Å²) in [5, 5.41) is 5.43. The normalized spacial score (nSPS) is 14.2. The summed E-state index contributed by atoms with van der Waals surface area (Å²) in [6.07, 6.45) is 0. The third kappa shape index (κ3) is 5.42. The number of thiazole rings is 1. The molecule has 0 aliphatic carbocycles. The first-order valence-electron chi connectivity index (χ1n) is 8.21. The number of nitrogens with one attached hydrogen (secondary N) is 2. The van der Waals surface area contributed by atoms with E-state index in [0.29, 0.717) is 0 Å². The molecule has 0 bridgehead atoms. The summed E-state index contributed by atoms with van der Waals surface area (Å²) in [6, 6.07) is 3.07. The fourth-order valence-corrected chi connectivity index (χ4v) is 5.69. The zero-order valence-corrected chi connectivity index (χ0v) is 18.4. The van der Waals surface area contributed by atoms with Crippen molar-refractivity contribution in [1.29, 1.82) is 0 Å². The number of carbonyl (C=O) groups is 1. The molecular formula is C17H21Cl2N3O3S2. The second-order valence-electron chi connectivity index (χ2n) is 6.45. The minimum atomic E-state index is -4.09. The van der Waals surface area contributed by atoms with Crippen LogP contribution in [0.15, 0.2) is 28.5 Å². The summed E-state index contributed by atoms with van der Waals surface area (Å²) in [4.78, 5) is 16.8. The van der Waals surface area contributed by atoms with E-state index in [9.17, 15) is 13.2 Å². The molecule has 27 heavy (non-hydrogen) atoms. The third-order valence-electron chi connectivity index (χ3n) is 3.78. The van der Waals surface area contributed by atoms with Crippen LogP contribution >= 0.6 is 34.5 Å². The molecule has 0 aliphatic heterocycles. The first-order valence-corrected chi connectivity index (χ1v) is 11.3. The number of benzene rings is 1. The Kier molecular flexibility index (Phi) is 7.27. The van der Waals surface area contributed by atoms with Crippen molar-refractivity contribution in [1.82, 2.24) is 15.0 Å². The van der Waals surface area contributed by atoms with Gasteiger partial charge in [-0.25, -0.2) is 13.4 Å². The van der Waals surface area contributed by atoms with E-state index in [1.165, 1.54) is 23.5 Å². The number of nitrogens with zero attached hydrogens (tertiary/aromatic N) is 1. The van der Waals surface area contributed by atoms with E-state index >= 15 is 0 Å². The summed E-state index contributed by atoms with van der Waals surface area (Å²) >= 11 is 13.5. The van der Waals surface area contributed by atoms with E-state index in [0.717, 1.165) is 10.7 Å². The summed E-state index contributed by atoms with van der Waals surface area (Å²) in [7, 11) is -4.09. The molecule has 10 heteroatoms. The molecule has 0 saturated heterocycles. The molecule has 0 saturated carbocycles. The predicted octanol–water partition coefficient (Wildman–Crippen LogP) is 3.94. The highest BCUT2D eigenvalue weighted by Gasteiger charge is 2.31. The lowest BCUT2D eigenvalue weighted by atomic mass is 10.0. The van der Waals surface area contributed by atoms with E-state index < -0.39 is 22.0 Å². The maximum Gasteiger partial charge on any atom is 0.244 e. The summed E-state index contributed by atoms with van der Waals surface area (Å²) in [5.74, 6) is -0.747. The van der Waals surface area contributed by atoms with Crippen LogP contribution in [0.2, 0.25) is 10.0 Å². The van der Waals surface area contributed by atoms with Gasteiger partial charge in [-0.1, -0.05) is 43.1 Å². The van der Waals surface area contributed by atoms with E-state index in [1.54, 1.807) is 26.8 Å². The largest absolute Gasteiger partial charge is 0.346 e. The molecule has 0 aliphatic rings. The van der Waals surface area contributed by atoms with Gasteiger partial charge in [-0.15, -0.1) is 11.3 Å². The van der Waals surface area contributed by atoms with Crippen molar-refractivity contribution in [3.8, 4) is 0 Å². The highest BCUT2D eigenvalue weighted by Crippen LogP contribution is 2.29. The molecule has 1 aromatic heterocycles. The molecule has 1 heterocycles. The van der Waals surface area contributed by atoms with Gasteiger partial charge in [0.05, 0.1) is 16.1 Å². The van der Waals surface area contributed by atoms with Crippen molar-refractivity contribution in [2.75, 3.05) is 0 Å². The molecule has 1 aromatic carbocycles. The fraction of sp³-hybridized carbons (Fsp3) is 0.412. The van der Waals surface area contributed by atoms with Gasteiger partial charge in [0, 0.05) is 11.1 Å². The van der Waals surface area contributed by atoms with Gasteiger partial charge in [0.25, 0.3) is 0 Å². The van der Waals surface area contributed by atoms with Crippen LogP contribution in [-0.2, 0) is 14.8 Å². The number of halogens is 2. The van der Waals surface area contributed by atoms with E-state index in [1.807, 2.05) is 12.3 Å². The minimum Gasteiger partial charge on any atom is -0.346 e. The Morgan fingerprint density at radius 2 is 1.78 bits per heavy atom. The Morgan fingerprint density at radius 3 is 2.26 bits per heavy atom. The lowest BCUT2D eigenvalue weighted by Gasteiger charge is -2.23. The van der Waals surface area contributed by atoms with Crippen molar-refractivity contribution in [2.45, 2.75) is 44.7 Å². The monoisotopic (exact) mass is 449 g/mol. The van der Waals surface area contributed by atoms with E-state index in [4.69, 9.17) is 23.2 Å². The Morgan fingerprint density at radius 1 is 1.19 bits per heavy atom. The molecule has 2 unspecified atom stereocenters. The molecular weight excluding hydrogens is 429 g/mol. The quantitative estimate of drug-likeness (QED) is 0.669. The first-order chi connectivity index (χ1) is 12.5. The molecule has 2 N–H and O–H groups in total. The third-order valence-corrected chi connectivity index (χ3v) is 7.33. The molecule has 6 nitrogen and oxygen atoms in total. The number of carbonyl (C=O) groups excluding carboxylic acids is 1. The number of aromatic nitrogens is 1. The van der Waals surface area contributed by atoms with Crippen LogP contribution in [0, 0.1) is 12.8 Å². The zero-order chi connectivity index (χ0) is 20.4. The van der Waals surface area contributed by atoms with Gasteiger partial charge in [0.1, 0.15) is 15.9 Å². The van der Waals surface area contributed by atoms with Crippen LogP contribution in [0.3, 0.4) is 0 Å². The minimum absolute atomic E-state index is 0.00968. The zero-order valence-electron chi connectivity index (χ0n) is 15.3. The highest BCUT2D eigenvalue weighted by molar-refractivity contribution is 7.89. The van der Waals surface area contributed by atoms with Gasteiger partial charge in [-0.3, -0.25) is 4.79 Å². The number of amides is 1. The van der Waals surface area contributed by atoms with E-state index in [-0.39, 0.29) is 26.9 Å². The molecule has 0 fully saturated rings. The lowest BCUT2D eigenvalue weighted by Crippen LogP contribution is -2.50. The fourth-order valence-electron chi connectivity index (χ4n) is 2.39. The van der Waals surface area contributed by atoms with Crippen LogP contribution in [0.4, 0.5) is 0 Å². The lowest BCUT2D eigenvalue weighted by molar-refractivity contribution is -0.124. The number of rotatable bonds is 7. The average molecular weight is 450 g/mol. The van der Waals surface area contributed by atoms with Gasteiger partial charge in [0.2, 0.25) is 15.9 Å². The van der Waals surface area contributed by atoms with Crippen LogP contribution in [0.5, 0.6) is 0 Å². The Bertz CT molecular complexity index is 909. The van der Waals surface area contributed by atoms with Crippen LogP contribution in [0.25, 0.3) is 0 Å². The topological polar surface area (TPSA) is 88.2 Å². The van der Waals surface area contributed by atoms with Crippen molar-refractivity contribution >= 4 is 50.5 Å². The predicted molar refractivity (Wildman–Crippen MR) is 109 cm³/mol. The second-order valence-corrected chi connectivity index (χ2v) is 9.81. The maximum absolute atomic E-state index is 12.8. The van der Waals surface area contributed by atoms with Gasteiger partial charge in [0.15, 0.2) is 0 Å². The SMILES string of the molecule is Cc1csc(C(C)NC(=O)C(NS(=O)(=O)c2c(Cl)cccc2Cl)C(C)C)n1. The molecule has 2 atom stereocenters. The molecule has 2 rings (SSSR count). The summed E-state index contributed by atoms with van der Waals surface area (Å²) in [6.45, 7) is 7.16. The van der Waals surface area contributed by atoms with Crippen LogP contribution < -0.4 is 10.0 Å². The summed E-state index contributed by atoms with van der Waals surface area (Å²) < 4.78 is 28.0. The number of aryl methyl sites for hydroxylation is 1. The van der Waals surface area contributed by atoms with Gasteiger partial charge in [-0.05, 0) is 31.9 Å². The molecule has 148 valence electrons. The van der Waals surface area contributed by atoms with Gasteiger partial charge in [-0.2, -0.15) is 4.72 Å². The Labute approximate surface area is 173 Å². The van der Waals surface area contributed by atoms with Gasteiger partial charge >= 0.3 is 0 Å². The molecule has 2 aromatic rings. The van der Waals surface area contributed by atoms with E-state index in [2.05, 4.69) is 15.0 Å². The van der Waals surface area contributed by atoms with Gasteiger partial charge < -0.3 is 5.32 Å². The van der Waals surface area contributed by atoms with Crippen LogP contribution in [0.1, 0.15) is 37.5 Å². The highest BCUT2D eigenvalue weighted by atomic mass is 35.5. The molecule has 0 radical (unpaired) electrons. The standard InChI is InChI=1S/C17H21Cl2N3O3S2/c1-9(2)14(16(23)21-11(4)17-20-10(3)8-26-17)22-27(24,25)15-12(18)6-5-7-13(15)19/h5-9,11,14,22H,1-4H3,(H,21,23). The Hall–Kier alpha value is -1.19. The summed E-state index contributed by atoms with van der Waals surface area (Å²) in [5.41, 5.74) is 0.866. The number of hydrogen-bond acceptors (Lipinski definition) is 5. The van der Waals surface area contributed by atoms with Crippen molar-refractivity contribution < 1.29 is 13.2 Å². The van der Waals surface area contributed by atoms with Crippen LogP contribution in [-0.4, -0.2) is 25.4 Å². The van der Waals surface area contributed by atoms with Crippen molar-refractivity contribution in [3.63, 3.8) is 0 Å². The maximum atomic E-state index is 12.8. The average Bonchev–Trinajstić information content (AvgIpc) is 2.98. The smallest absolute Gasteiger partial charge is 0.244 e. The Balaban J connectivity index is 2.23. The molecule has 0 spiro atoms. The first kappa shape index (κ1) is 22.1. The second kappa shape index (κ2) is 8.87. The van der Waals surface area contributed by atoms with Crippen molar-refractivity contribution in [3.05, 3.63) is 44.3 Å². The van der Waals surface area contributed by atoms with Crippen molar-refractivity contribution in [2.24, 2.45) is 5.92 Å².